The van der Waals surface area contributed by atoms with Gasteiger partial charge in [-0.1, -0.05) is 6.07 Å². The highest BCUT2D eigenvalue weighted by Crippen LogP contribution is 2.34. The molecule has 1 unspecified atom stereocenters. The standard InChI is InChI=1S/C12H12BNO3/c1-8-2-3-10-12-11(8)9(4-5-14)17-13(12)16-7-6-15-10/h2-3,9H,4,6-7H2,1H3. The summed E-state index contributed by atoms with van der Waals surface area (Å²) >= 11 is 0. The minimum atomic E-state index is -0.374. The SMILES string of the molecule is Cc1ccc2c3c1C(CC#N)OB3OCCO2. The molecule has 1 atom stereocenters. The Hall–Kier alpha value is -1.51. The van der Waals surface area contributed by atoms with Crippen LogP contribution < -0.4 is 10.2 Å². The zero-order valence-electron chi connectivity index (χ0n) is 9.60. The normalized spacial score (nSPS) is 21.4. The highest BCUT2D eigenvalue weighted by molar-refractivity contribution is 6.64. The molecule has 0 N–H and O–H groups in total. The molecule has 0 spiro atoms. The van der Waals surface area contributed by atoms with E-state index in [1.165, 1.54) is 0 Å². The summed E-state index contributed by atoms with van der Waals surface area (Å²) in [6.45, 7) is 3.08. The lowest BCUT2D eigenvalue weighted by molar-refractivity contribution is 0.146. The summed E-state index contributed by atoms with van der Waals surface area (Å²) in [5, 5.41) is 8.84. The molecule has 2 aliphatic rings. The fourth-order valence-electron chi connectivity index (χ4n) is 2.47. The Bertz CT molecular complexity index is 497. The maximum absolute atomic E-state index is 8.84. The zero-order valence-corrected chi connectivity index (χ0v) is 9.60. The molecule has 2 heterocycles. The fraction of sp³-hybridized carbons (Fsp3) is 0.417. The molecule has 0 fully saturated rings. The minimum absolute atomic E-state index is 0.193. The molecule has 86 valence electrons. The van der Waals surface area contributed by atoms with Gasteiger partial charge in [0, 0.05) is 5.46 Å². The predicted octanol–water partition coefficient (Wildman–Crippen LogP) is 1.08. The van der Waals surface area contributed by atoms with Crippen LogP contribution in [0.4, 0.5) is 0 Å². The summed E-state index contributed by atoms with van der Waals surface area (Å²) in [6, 6.07) is 6.12. The van der Waals surface area contributed by atoms with Crippen molar-refractivity contribution >= 4 is 12.6 Å². The van der Waals surface area contributed by atoms with Gasteiger partial charge < -0.3 is 14.0 Å². The van der Waals surface area contributed by atoms with E-state index in [0.717, 1.165) is 22.3 Å². The molecule has 17 heavy (non-hydrogen) atoms. The number of aryl methyl sites for hydroxylation is 1. The van der Waals surface area contributed by atoms with Crippen LogP contribution in [0.3, 0.4) is 0 Å². The van der Waals surface area contributed by atoms with E-state index < -0.39 is 0 Å². The van der Waals surface area contributed by atoms with Crippen LogP contribution in [0.1, 0.15) is 23.7 Å². The van der Waals surface area contributed by atoms with Crippen molar-refractivity contribution in [2.75, 3.05) is 13.2 Å². The topological polar surface area (TPSA) is 51.5 Å². The maximum atomic E-state index is 8.84. The van der Waals surface area contributed by atoms with Crippen molar-refractivity contribution in [3.8, 4) is 11.8 Å². The molecule has 5 heteroatoms. The lowest BCUT2D eigenvalue weighted by atomic mass is 9.76. The summed E-state index contributed by atoms with van der Waals surface area (Å²) in [7, 11) is -0.374. The molecule has 0 radical (unpaired) electrons. The van der Waals surface area contributed by atoms with E-state index in [1.807, 2.05) is 19.1 Å². The van der Waals surface area contributed by atoms with Crippen LogP contribution in [-0.2, 0) is 9.31 Å². The fourth-order valence-corrected chi connectivity index (χ4v) is 2.47. The van der Waals surface area contributed by atoms with Gasteiger partial charge in [-0.3, -0.25) is 0 Å². The molecule has 0 amide bonds. The first-order chi connectivity index (χ1) is 8.31. The first kappa shape index (κ1) is 10.6. The third-order valence-corrected chi connectivity index (χ3v) is 3.20. The van der Waals surface area contributed by atoms with Gasteiger partial charge in [-0.25, -0.2) is 0 Å². The van der Waals surface area contributed by atoms with Crippen molar-refractivity contribution in [2.24, 2.45) is 0 Å². The Morgan fingerprint density at radius 3 is 3.18 bits per heavy atom. The minimum Gasteiger partial charge on any atom is -0.492 e. The van der Waals surface area contributed by atoms with E-state index in [4.69, 9.17) is 19.3 Å². The molecular weight excluding hydrogens is 217 g/mol. The predicted molar refractivity (Wildman–Crippen MR) is 62.1 cm³/mol. The number of hydrogen-bond donors (Lipinski definition) is 0. The lowest BCUT2D eigenvalue weighted by Crippen LogP contribution is -2.31. The number of hydrogen-bond acceptors (Lipinski definition) is 4. The Balaban J connectivity index is 2.14. The van der Waals surface area contributed by atoms with Crippen LogP contribution in [0.5, 0.6) is 5.75 Å². The van der Waals surface area contributed by atoms with Gasteiger partial charge in [0.05, 0.1) is 25.2 Å². The lowest BCUT2D eigenvalue weighted by Gasteiger charge is -2.13. The summed E-state index contributed by atoms with van der Waals surface area (Å²) in [5.41, 5.74) is 3.17. The Kier molecular flexibility index (Phi) is 2.54. The third-order valence-electron chi connectivity index (χ3n) is 3.20. The second kappa shape index (κ2) is 4.06. The second-order valence-electron chi connectivity index (χ2n) is 4.25. The average molecular weight is 229 g/mol. The quantitative estimate of drug-likeness (QED) is 0.676. The number of ether oxygens (including phenoxy) is 1. The third kappa shape index (κ3) is 1.61. The second-order valence-corrected chi connectivity index (χ2v) is 4.25. The van der Waals surface area contributed by atoms with Gasteiger partial charge in [-0.15, -0.1) is 0 Å². The molecule has 0 aromatic heterocycles. The van der Waals surface area contributed by atoms with Crippen LogP contribution in [0.25, 0.3) is 0 Å². The van der Waals surface area contributed by atoms with Gasteiger partial charge in [0.2, 0.25) is 0 Å². The van der Waals surface area contributed by atoms with E-state index in [-0.39, 0.29) is 13.2 Å². The Morgan fingerprint density at radius 1 is 1.47 bits per heavy atom. The number of rotatable bonds is 1. The highest BCUT2D eigenvalue weighted by atomic mass is 16.6. The Morgan fingerprint density at radius 2 is 2.35 bits per heavy atom. The van der Waals surface area contributed by atoms with Crippen molar-refractivity contribution in [2.45, 2.75) is 19.4 Å². The summed E-state index contributed by atoms with van der Waals surface area (Å²) in [5.74, 6) is 0.827. The highest BCUT2D eigenvalue weighted by Gasteiger charge is 2.42. The summed E-state index contributed by atoms with van der Waals surface area (Å²) in [6.07, 6.45) is 0.151. The van der Waals surface area contributed by atoms with E-state index in [9.17, 15) is 0 Å². The van der Waals surface area contributed by atoms with Crippen molar-refractivity contribution in [1.29, 1.82) is 5.26 Å². The largest absolute Gasteiger partial charge is 0.498 e. The van der Waals surface area contributed by atoms with Gasteiger partial charge in [-0.05, 0) is 24.1 Å². The van der Waals surface area contributed by atoms with E-state index in [0.29, 0.717) is 19.6 Å². The van der Waals surface area contributed by atoms with Crippen molar-refractivity contribution < 1.29 is 14.0 Å². The average Bonchev–Trinajstić information content (AvgIpc) is 2.55. The molecule has 0 bridgehead atoms. The molecule has 1 aromatic carbocycles. The number of benzene rings is 1. The maximum Gasteiger partial charge on any atom is 0.498 e. The van der Waals surface area contributed by atoms with Gasteiger partial charge in [0.1, 0.15) is 12.4 Å². The van der Waals surface area contributed by atoms with Crippen LogP contribution in [-0.4, -0.2) is 20.3 Å². The smallest absolute Gasteiger partial charge is 0.492 e. The van der Waals surface area contributed by atoms with E-state index in [2.05, 4.69) is 6.07 Å². The van der Waals surface area contributed by atoms with Crippen LogP contribution in [0, 0.1) is 18.3 Å². The van der Waals surface area contributed by atoms with Gasteiger partial charge in [0.25, 0.3) is 0 Å². The molecule has 4 nitrogen and oxygen atoms in total. The molecule has 0 saturated carbocycles. The molecule has 0 saturated heterocycles. The molecule has 1 aromatic rings. The molecule has 0 aliphatic carbocycles. The van der Waals surface area contributed by atoms with Gasteiger partial charge >= 0.3 is 7.12 Å². The monoisotopic (exact) mass is 229 g/mol. The first-order valence-corrected chi connectivity index (χ1v) is 5.71. The van der Waals surface area contributed by atoms with Crippen LogP contribution >= 0.6 is 0 Å². The molecular formula is C12H12BNO3. The molecule has 3 rings (SSSR count). The van der Waals surface area contributed by atoms with Crippen molar-refractivity contribution in [3.63, 3.8) is 0 Å². The summed E-state index contributed by atoms with van der Waals surface area (Å²) in [4.78, 5) is 0. The molecule has 2 aliphatic heterocycles. The van der Waals surface area contributed by atoms with Crippen LogP contribution in [0.15, 0.2) is 12.1 Å². The van der Waals surface area contributed by atoms with E-state index in [1.54, 1.807) is 0 Å². The number of nitriles is 1. The zero-order chi connectivity index (χ0) is 11.8. The van der Waals surface area contributed by atoms with Crippen molar-refractivity contribution in [3.05, 3.63) is 23.3 Å². The Labute approximate surface area is 100 Å². The van der Waals surface area contributed by atoms with E-state index >= 15 is 0 Å². The van der Waals surface area contributed by atoms with Gasteiger partial charge in [0.15, 0.2) is 0 Å². The van der Waals surface area contributed by atoms with Crippen molar-refractivity contribution in [1.82, 2.24) is 0 Å². The van der Waals surface area contributed by atoms with Crippen LogP contribution in [0.2, 0.25) is 0 Å². The first-order valence-electron chi connectivity index (χ1n) is 5.71. The summed E-state index contributed by atoms with van der Waals surface area (Å²) < 4.78 is 17.0. The van der Waals surface area contributed by atoms with Gasteiger partial charge in [-0.2, -0.15) is 5.26 Å². The number of nitrogens with zero attached hydrogens (tertiary/aromatic N) is 1.